The first-order valence-electron chi connectivity index (χ1n) is 4.54. The molecule has 0 aromatic rings. The number of nitrogens with zero attached hydrogens (tertiary/aromatic N) is 2. The lowest BCUT2D eigenvalue weighted by molar-refractivity contribution is -0.0317. The molecular weight excluding hydrogens is 138 g/mol. The van der Waals surface area contributed by atoms with Gasteiger partial charge in [-0.15, -0.1) is 0 Å². The fourth-order valence-corrected chi connectivity index (χ4v) is 2.11. The normalized spacial score (nSPS) is 40.9. The average molecular weight is 155 g/mol. The van der Waals surface area contributed by atoms with Crippen molar-refractivity contribution in [2.45, 2.75) is 31.8 Å². The van der Waals surface area contributed by atoms with E-state index >= 15 is 0 Å². The van der Waals surface area contributed by atoms with Crippen LogP contribution in [0.25, 0.3) is 0 Å². The van der Waals surface area contributed by atoms with Gasteiger partial charge >= 0.3 is 0 Å². The monoisotopic (exact) mass is 155 g/mol. The van der Waals surface area contributed by atoms with E-state index in [1.807, 2.05) is 0 Å². The van der Waals surface area contributed by atoms with E-state index in [2.05, 4.69) is 16.9 Å². The minimum atomic E-state index is 0.413. The van der Waals surface area contributed by atoms with Gasteiger partial charge in [-0.05, 0) is 19.8 Å². The maximum absolute atomic E-state index is 5.87. The minimum Gasteiger partial charge on any atom is -0.326 e. The van der Waals surface area contributed by atoms with Crippen molar-refractivity contribution in [2.75, 3.05) is 19.6 Å². The first-order valence-corrected chi connectivity index (χ1v) is 4.54. The van der Waals surface area contributed by atoms with Crippen molar-refractivity contribution >= 4 is 0 Å². The fraction of sp³-hybridized carbons (Fsp3) is 1.00. The molecule has 2 heterocycles. The summed E-state index contributed by atoms with van der Waals surface area (Å²) in [5, 5.41) is 4.89. The van der Waals surface area contributed by atoms with Gasteiger partial charge < -0.3 is 5.73 Å². The summed E-state index contributed by atoms with van der Waals surface area (Å²) in [6.45, 7) is 5.76. The largest absolute Gasteiger partial charge is 0.326 e. The zero-order valence-electron chi connectivity index (χ0n) is 7.16. The number of hydrogen-bond acceptors (Lipinski definition) is 3. The Morgan fingerprint density at radius 2 is 2.09 bits per heavy atom. The summed E-state index contributed by atoms with van der Waals surface area (Å²) in [6.07, 6.45) is 2.48. The molecule has 0 aliphatic carbocycles. The summed E-state index contributed by atoms with van der Waals surface area (Å²) in [4.78, 5) is 0. The van der Waals surface area contributed by atoms with Crippen LogP contribution in [0.3, 0.4) is 0 Å². The predicted molar refractivity (Wildman–Crippen MR) is 45.0 cm³/mol. The van der Waals surface area contributed by atoms with Crippen LogP contribution in [0.2, 0.25) is 0 Å². The van der Waals surface area contributed by atoms with Crippen LogP contribution < -0.4 is 5.73 Å². The molecule has 3 nitrogen and oxygen atoms in total. The molecule has 2 aliphatic rings. The quantitative estimate of drug-likeness (QED) is 0.535. The van der Waals surface area contributed by atoms with E-state index in [4.69, 9.17) is 5.73 Å². The third kappa shape index (κ3) is 1.28. The molecule has 0 amide bonds. The second kappa shape index (κ2) is 2.73. The molecule has 2 atom stereocenters. The van der Waals surface area contributed by atoms with E-state index in [0.29, 0.717) is 6.04 Å². The SMILES string of the molecule is CC1CCN2CC(N)CCN12. The molecule has 11 heavy (non-hydrogen) atoms. The molecule has 2 fully saturated rings. The molecule has 0 aromatic carbocycles. The highest BCUT2D eigenvalue weighted by molar-refractivity contribution is 4.83. The summed E-state index contributed by atoms with van der Waals surface area (Å²) >= 11 is 0. The third-order valence-electron chi connectivity index (χ3n) is 2.85. The Morgan fingerprint density at radius 3 is 2.91 bits per heavy atom. The highest BCUT2D eigenvalue weighted by Gasteiger charge is 2.32. The Morgan fingerprint density at radius 1 is 1.27 bits per heavy atom. The summed E-state index contributed by atoms with van der Waals surface area (Å²) < 4.78 is 0. The summed E-state index contributed by atoms with van der Waals surface area (Å²) in [5.41, 5.74) is 5.87. The molecule has 2 saturated heterocycles. The molecule has 2 rings (SSSR count). The van der Waals surface area contributed by atoms with Crippen molar-refractivity contribution in [3.63, 3.8) is 0 Å². The Labute approximate surface area is 68.1 Å². The Hall–Kier alpha value is -0.120. The molecule has 0 saturated carbocycles. The predicted octanol–water partition coefficient (Wildman–Crippen LogP) is 0.0286. The Bertz CT molecular complexity index is 148. The second-order valence-electron chi connectivity index (χ2n) is 3.76. The lowest BCUT2D eigenvalue weighted by atomic mass is 10.2. The van der Waals surface area contributed by atoms with Crippen molar-refractivity contribution in [3.8, 4) is 0 Å². The van der Waals surface area contributed by atoms with Crippen LogP contribution in [0, 0.1) is 0 Å². The number of hydrogen-bond donors (Lipinski definition) is 1. The number of nitrogens with two attached hydrogens (primary N) is 1. The van der Waals surface area contributed by atoms with Crippen molar-refractivity contribution in [1.29, 1.82) is 0 Å². The molecule has 0 spiro atoms. The van der Waals surface area contributed by atoms with Gasteiger partial charge in [0, 0.05) is 31.7 Å². The highest BCUT2D eigenvalue weighted by Crippen LogP contribution is 2.21. The van der Waals surface area contributed by atoms with Gasteiger partial charge in [-0.2, -0.15) is 0 Å². The summed E-state index contributed by atoms with van der Waals surface area (Å²) in [5.74, 6) is 0. The van der Waals surface area contributed by atoms with Crippen LogP contribution in [0.1, 0.15) is 19.8 Å². The molecule has 0 bridgehead atoms. The van der Waals surface area contributed by atoms with E-state index in [9.17, 15) is 0 Å². The van der Waals surface area contributed by atoms with Crippen LogP contribution in [0.5, 0.6) is 0 Å². The fourth-order valence-electron chi connectivity index (χ4n) is 2.11. The Balaban J connectivity index is 2.00. The molecule has 0 aromatic heterocycles. The van der Waals surface area contributed by atoms with Gasteiger partial charge in [0.2, 0.25) is 0 Å². The standard InChI is InChI=1S/C8H17N3/c1-7-2-4-10-6-8(9)3-5-11(7)10/h7-8H,2-6,9H2,1H3. The van der Waals surface area contributed by atoms with Gasteiger partial charge in [0.25, 0.3) is 0 Å². The molecule has 64 valence electrons. The smallest absolute Gasteiger partial charge is 0.0285 e. The zero-order valence-corrected chi connectivity index (χ0v) is 7.16. The van der Waals surface area contributed by atoms with E-state index in [1.165, 1.54) is 25.9 Å². The van der Waals surface area contributed by atoms with Gasteiger partial charge in [0.05, 0.1) is 0 Å². The van der Waals surface area contributed by atoms with Gasteiger partial charge in [0.15, 0.2) is 0 Å². The van der Waals surface area contributed by atoms with Gasteiger partial charge in [0.1, 0.15) is 0 Å². The average Bonchev–Trinajstić information content (AvgIpc) is 2.32. The lowest BCUT2D eigenvalue weighted by Crippen LogP contribution is -2.52. The molecule has 3 heteroatoms. The van der Waals surface area contributed by atoms with Gasteiger partial charge in [-0.1, -0.05) is 0 Å². The lowest BCUT2D eigenvalue weighted by Gasteiger charge is -2.37. The van der Waals surface area contributed by atoms with Crippen LogP contribution >= 0.6 is 0 Å². The summed E-state index contributed by atoms with van der Waals surface area (Å²) in [7, 11) is 0. The van der Waals surface area contributed by atoms with E-state index in [1.54, 1.807) is 0 Å². The van der Waals surface area contributed by atoms with Crippen molar-refractivity contribution in [2.24, 2.45) is 5.73 Å². The number of rotatable bonds is 0. The first-order chi connectivity index (χ1) is 5.27. The van der Waals surface area contributed by atoms with Gasteiger partial charge in [-0.25, -0.2) is 10.0 Å². The number of fused-ring (bicyclic) bond motifs is 1. The topological polar surface area (TPSA) is 32.5 Å². The van der Waals surface area contributed by atoms with Crippen molar-refractivity contribution in [3.05, 3.63) is 0 Å². The Kier molecular flexibility index (Phi) is 1.87. The molecule has 0 radical (unpaired) electrons. The van der Waals surface area contributed by atoms with Crippen LogP contribution in [-0.2, 0) is 0 Å². The number of hydrazine groups is 1. The first kappa shape index (κ1) is 7.53. The van der Waals surface area contributed by atoms with Crippen LogP contribution in [-0.4, -0.2) is 41.7 Å². The molecule has 2 unspecified atom stereocenters. The van der Waals surface area contributed by atoms with E-state index < -0.39 is 0 Å². The third-order valence-corrected chi connectivity index (χ3v) is 2.85. The van der Waals surface area contributed by atoms with E-state index in [-0.39, 0.29) is 0 Å². The van der Waals surface area contributed by atoms with Crippen LogP contribution in [0.4, 0.5) is 0 Å². The molecule has 2 aliphatic heterocycles. The maximum Gasteiger partial charge on any atom is 0.0285 e. The zero-order chi connectivity index (χ0) is 7.84. The van der Waals surface area contributed by atoms with Gasteiger partial charge in [-0.3, -0.25) is 0 Å². The van der Waals surface area contributed by atoms with Crippen LogP contribution in [0.15, 0.2) is 0 Å². The van der Waals surface area contributed by atoms with E-state index in [0.717, 1.165) is 12.6 Å². The second-order valence-corrected chi connectivity index (χ2v) is 3.76. The highest BCUT2D eigenvalue weighted by atomic mass is 15.7. The molecule has 2 N–H and O–H groups in total. The molecular formula is C8H17N3. The minimum absolute atomic E-state index is 0.413. The maximum atomic E-state index is 5.87. The summed E-state index contributed by atoms with van der Waals surface area (Å²) in [6, 6.07) is 1.17. The van der Waals surface area contributed by atoms with Crippen molar-refractivity contribution in [1.82, 2.24) is 10.0 Å². The van der Waals surface area contributed by atoms with Crippen molar-refractivity contribution < 1.29 is 0 Å².